The Labute approximate surface area is 132 Å². The van der Waals surface area contributed by atoms with Crippen molar-refractivity contribution >= 4 is 15.9 Å². The zero-order chi connectivity index (χ0) is 16.2. The highest BCUT2D eigenvalue weighted by Crippen LogP contribution is 2.20. The lowest BCUT2D eigenvalue weighted by molar-refractivity contribution is -0.131. The fraction of sp³-hybridized carbons (Fsp3) is 0.923. The number of piperidine rings is 1. The summed E-state index contributed by atoms with van der Waals surface area (Å²) in [6.45, 7) is 5.31. The number of hydrogen-bond donors (Lipinski definition) is 5. The Hall–Kier alpha value is -0.740. The lowest BCUT2D eigenvalue weighted by Crippen LogP contribution is -2.71. The van der Waals surface area contributed by atoms with Crippen molar-refractivity contribution in [2.24, 2.45) is 5.92 Å². The van der Waals surface area contributed by atoms with Gasteiger partial charge in [-0.05, 0) is 46.2 Å². The van der Waals surface area contributed by atoms with Crippen LogP contribution in [0, 0.1) is 5.92 Å². The highest BCUT2D eigenvalue weighted by molar-refractivity contribution is 7.90. The van der Waals surface area contributed by atoms with Crippen molar-refractivity contribution < 1.29 is 13.2 Å². The minimum atomic E-state index is -3.19. The quantitative estimate of drug-likeness (QED) is 0.367. The van der Waals surface area contributed by atoms with E-state index >= 15 is 0 Å². The van der Waals surface area contributed by atoms with E-state index in [4.69, 9.17) is 0 Å². The Balaban J connectivity index is 1.71. The first kappa shape index (κ1) is 17.6. The molecule has 9 heteroatoms. The zero-order valence-corrected chi connectivity index (χ0v) is 14.0. The number of carbonyl (C=O) groups is 1. The third kappa shape index (κ3) is 4.39. The molecule has 2 fully saturated rings. The van der Waals surface area contributed by atoms with Gasteiger partial charge in [0.1, 0.15) is 0 Å². The molecule has 0 aromatic heterocycles. The van der Waals surface area contributed by atoms with Crippen molar-refractivity contribution in [3.63, 3.8) is 0 Å². The van der Waals surface area contributed by atoms with Crippen molar-refractivity contribution in [1.82, 2.24) is 26.2 Å². The standard InChI is InChI=1S/C13H27N5O3S/c1-9(2)22(20,21)16-8-4-7-15-12-11-10(5-3-6-14-11)13(19)18-17-12/h9-12,14-17H,3-8H2,1-2H3,(H,18,19). The largest absolute Gasteiger partial charge is 0.310 e. The number of carbonyl (C=O) groups excluding carboxylic acids is 1. The van der Waals surface area contributed by atoms with Crippen LogP contribution in [0.4, 0.5) is 0 Å². The van der Waals surface area contributed by atoms with Crippen molar-refractivity contribution in [3.8, 4) is 0 Å². The van der Waals surface area contributed by atoms with E-state index in [1.807, 2.05) is 0 Å². The normalized spacial score (nSPS) is 29.2. The van der Waals surface area contributed by atoms with Crippen LogP contribution in [0.2, 0.25) is 0 Å². The molecule has 0 aromatic carbocycles. The van der Waals surface area contributed by atoms with Crippen LogP contribution in [0.25, 0.3) is 0 Å². The van der Waals surface area contributed by atoms with Crippen molar-refractivity contribution in [1.29, 1.82) is 0 Å². The van der Waals surface area contributed by atoms with Gasteiger partial charge in [-0.3, -0.25) is 15.5 Å². The molecule has 0 bridgehead atoms. The number of hydrazine groups is 1. The van der Waals surface area contributed by atoms with Gasteiger partial charge in [0.25, 0.3) is 0 Å². The minimum Gasteiger partial charge on any atom is -0.310 e. The first-order valence-corrected chi connectivity index (χ1v) is 9.47. The van der Waals surface area contributed by atoms with E-state index in [0.717, 1.165) is 19.4 Å². The van der Waals surface area contributed by atoms with E-state index in [9.17, 15) is 13.2 Å². The van der Waals surface area contributed by atoms with E-state index in [0.29, 0.717) is 19.5 Å². The van der Waals surface area contributed by atoms with Crippen LogP contribution in [-0.2, 0) is 14.8 Å². The van der Waals surface area contributed by atoms with Gasteiger partial charge in [0.15, 0.2) is 0 Å². The number of hydrogen-bond acceptors (Lipinski definition) is 6. The topological polar surface area (TPSA) is 111 Å². The second-order valence-electron chi connectivity index (χ2n) is 6.14. The molecule has 2 rings (SSSR count). The smallest absolute Gasteiger partial charge is 0.238 e. The van der Waals surface area contributed by atoms with Gasteiger partial charge in [0, 0.05) is 12.6 Å². The van der Waals surface area contributed by atoms with Crippen LogP contribution in [-0.4, -0.2) is 51.4 Å². The molecule has 0 radical (unpaired) electrons. The summed E-state index contributed by atoms with van der Waals surface area (Å²) in [7, 11) is -3.19. The Morgan fingerprint density at radius 3 is 2.82 bits per heavy atom. The summed E-state index contributed by atoms with van der Waals surface area (Å²) in [5, 5.41) is 6.30. The van der Waals surface area contributed by atoms with Gasteiger partial charge in [0.2, 0.25) is 15.9 Å². The summed E-state index contributed by atoms with van der Waals surface area (Å²) in [4.78, 5) is 11.8. The summed E-state index contributed by atoms with van der Waals surface area (Å²) < 4.78 is 25.8. The molecule has 5 N–H and O–H groups in total. The average Bonchev–Trinajstić information content (AvgIpc) is 2.49. The molecular formula is C13H27N5O3S. The van der Waals surface area contributed by atoms with Crippen LogP contribution < -0.4 is 26.2 Å². The van der Waals surface area contributed by atoms with Gasteiger partial charge in [-0.25, -0.2) is 18.6 Å². The molecule has 0 spiro atoms. The molecular weight excluding hydrogens is 306 g/mol. The van der Waals surface area contributed by atoms with Gasteiger partial charge < -0.3 is 5.32 Å². The molecule has 3 atom stereocenters. The maximum absolute atomic E-state index is 11.8. The maximum atomic E-state index is 11.8. The molecule has 128 valence electrons. The third-order valence-electron chi connectivity index (χ3n) is 4.19. The van der Waals surface area contributed by atoms with Crippen LogP contribution in [0.5, 0.6) is 0 Å². The van der Waals surface area contributed by atoms with E-state index in [1.165, 1.54) is 0 Å². The molecule has 2 heterocycles. The predicted molar refractivity (Wildman–Crippen MR) is 84.3 cm³/mol. The van der Waals surface area contributed by atoms with Crippen LogP contribution in [0.15, 0.2) is 0 Å². The van der Waals surface area contributed by atoms with Crippen molar-refractivity contribution in [3.05, 3.63) is 0 Å². The molecule has 3 unspecified atom stereocenters. The Bertz CT molecular complexity index is 482. The zero-order valence-electron chi connectivity index (χ0n) is 13.2. The summed E-state index contributed by atoms with van der Waals surface area (Å²) in [5.41, 5.74) is 5.69. The molecule has 2 aliphatic heterocycles. The molecule has 1 amide bonds. The Morgan fingerprint density at radius 1 is 1.32 bits per heavy atom. The fourth-order valence-electron chi connectivity index (χ4n) is 2.79. The second-order valence-corrected chi connectivity index (χ2v) is 8.46. The lowest BCUT2D eigenvalue weighted by Gasteiger charge is -2.42. The number of amides is 1. The van der Waals surface area contributed by atoms with Gasteiger partial charge in [-0.2, -0.15) is 0 Å². The monoisotopic (exact) mass is 333 g/mol. The van der Waals surface area contributed by atoms with E-state index in [-0.39, 0.29) is 24.0 Å². The Kier molecular flexibility index (Phi) is 6.16. The first-order valence-electron chi connectivity index (χ1n) is 7.92. The van der Waals surface area contributed by atoms with Crippen molar-refractivity contribution in [2.45, 2.75) is 50.6 Å². The molecule has 22 heavy (non-hydrogen) atoms. The van der Waals surface area contributed by atoms with Gasteiger partial charge in [-0.1, -0.05) is 0 Å². The maximum Gasteiger partial charge on any atom is 0.238 e. The van der Waals surface area contributed by atoms with Gasteiger partial charge in [-0.15, -0.1) is 0 Å². The number of fused-ring (bicyclic) bond motifs is 1. The average molecular weight is 333 g/mol. The van der Waals surface area contributed by atoms with Crippen LogP contribution >= 0.6 is 0 Å². The summed E-state index contributed by atoms with van der Waals surface area (Å²) in [6.07, 6.45) is 2.57. The molecule has 0 aliphatic carbocycles. The highest BCUT2D eigenvalue weighted by Gasteiger charge is 2.39. The van der Waals surface area contributed by atoms with E-state index in [1.54, 1.807) is 13.8 Å². The fourth-order valence-corrected chi connectivity index (χ4v) is 3.56. The minimum absolute atomic E-state index is 0.00746. The highest BCUT2D eigenvalue weighted by atomic mass is 32.2. The van der Waals surface area contributed by atoms with E-state index in [2.05, 4.69) is 26.2 Å². The number of rotatable bonds is 7. The lowest BCUT2D eigenvalue weighted by atomic mass is 9.87. The third-order valence-corrected chi connectivity index (χ3v) is 6.04. The molecule has 2 saturated heterocycles. The van der Waals surface area contributed by atoms with Gasteiger partial charge in [0.05, 0.1) is 17.3 Å². The van der Waals surface area contributed by atoms with Crippen molar-refractivity contribution in [2.75, 3.05) is 19.6 Å². The Morgan fingerprint density at radius 2 is 2.09 bits per heavy atom. The van der Waals surface area contributed by atoms with Gasteiger partial charge >= 0.3 is 0 Å². The molecule has 8 nitrogen and oxygen atoms in total. The molecule has 2 aliphatic rings. The van der Waals surface area contributed by atoms with E-state index < -0.39 is 15.3 Å². The summed E-state index contributed by atoms with van der Waals surface area (Å²) in [6, 6.07) is 0.0786. The van der Waals surface area contributed by atoms with Crippen LogP contribution in [0.1, 0.15) is 33.1 Å². The summed E-state index contributed by atoms with van der Waals surface area (Å²) in [5.74, 6) is 0.0342. The number of sulfonamides is 1. The summed E-state index contributed by atoms with van der Waals surface area (Å²) >= 11 is 0. The second kappa shape index (κ2) is 7.69. The first-order chi connectivity index (χ1) is 10.4. The number of nitrogens with one attached hydrogen (secondary N) is 5. The predicted octanol–water partition coefficient (Wildman–Crippen LogP) is -1.38. The molecule has 0 saturated carbocycles. The SMILES string of the molecule is CC(C)S(=O)(=O)NCCCNC1NNC(=O)C2CCCNC12. The molecule has 0 aromatic rings. The van der Waals surface area contributed by atoms with Crippen LogP contribution in [0.3, 0.4) is 0 Å².